The van der Waals surface area contributed by atoms with E-state index in [9.17, 15) is 4.79 Å². The van der Waals surface area contributed by atoms with Crippen LogP contribution in [0.4, 0.5) is 0 Å². The maximum absolute atomic E-state index is 11.9. The Hall–Kier alpha value is -2.56. The lowest BCUT2D eigenvalue weighted by Gasteiger charge is -2.03. The molecule has 20 heavy (non-hydrogen) atoms. The smallest absolute Gasteiger partial charge is 0.224 e. The van der Waals surface area contributed by atoms with Crippen molar-refractivity contribution in [1.29, 1.82) is 0 Å². The molecule has 5 heteroatoms. The van der Waals surface area contributed by atoms with Crippen LogP contribution in [0, 0.1) is 0 Å². The van der Waals surface area contributed by atoms with Crippen molar-refractivity contribution >= 4 is 16.8 Å². The summed E-state index contributed by atoms with van der Waals surface area (Å²) in [5.41, 5.74) is 3.12. The van der Waals surface area contributed by atoms with Gasteiger partial charge in [-0.2, -0.15) is 5.10 Å². The molecule has 0 radical (unpaired) electrons. The average Bonchev–Trinajstić information content (AvgIpc) is 3.09. The van der Waals surface area contributed by atoms with Crippen LogP contribution in [0.15, 0.2) is 42.7 Å². The van der Waals surface area contributed by atoms with Crippen molar-refractivity contribution in [2.24, 2.45) is 0 Å². The van der Waals surface area contributed by atoms with Crippen LogP contribution in [0.3, 0.4) is 0 Å². The molecule has 0 atom stereocenters. The normalized spacial score (nSPS) is 10.8. The Kier molecular flexibility index (Phi) is 3.50. The monoisotopic (exact) mass is 268 g/mol. The minimum atomic E-state index is 0.0364. The van der Waals surface area contributed by atoms with Crippen LogP contribution in [0.5, 0.6) is 0 Å². The van der Waals surface area contributed by atoms with Gasteiger partial charge in [-0.25, -0.2) is 0 Å². The van der Waals surface area contributed by atoms with E-state index in [0.717, 1.165) is 28.6 Å². The third kappa shape index (κ3) is 2.71. The Morgan fingerprint density at radius 3 is 3.00 bits per heavy atom. The van der Waals surface area contributed by atoms with Crippen LogP contribution in [0.1, 0.15) is 11.3 Å². The number of rotatable bonds is 5. The fraction of sp³-hybridized carbons (Fsp3) is 0.200. The first kappa shape index (κ1) is 12.5. The molecule has 1 amide bonds. The highest BCUT2D eigenvalue weighted by atomic mass is 16.1. The van der Waals surface area contributed by atoms with Crippen molar-refractivity contribution in [3.8, 4) is 0 Å². The summed E-state index contributed by atoms with van der Waals surface area (Å²) < 4.78 is 0. The molecule has 0 saturated heterocycles. The Bertz CT molecular complexity index is 700. The summed E-state index contributed by atoms with van der Waals surface area (Å²) in [6.45, 7) is 0.614. The lowest BCUT2D eigenvalue weighted by molar-refractivity contribution is -0.120. The molecule has 2 heterocycles. The van der Waals surface area contributed by atoms with Gasteiger partial charge in [0.1, 0.15) is 0 Å². The second kappa shape index (κ2) is 5.61. The molecule has 0 aliphatic carbocycles. The summed E-state index contributed by atoms with van der Waals surface area (Å²) in [4.78, 5) is 15.1. The standard InChI is InChI=1S/C15H16N4O/c20-15(16-7-5-12-6-8-18-19-12)9-11-10-17-14-4-2-1-3-13(11)14/h1-4,6,8,10,17H,5,7,9H2,(H,16,20)(H,18,19). The van der Waals surface area contributed by atoms with Crippen molar-refractivity contribution in [3.05, 3.63) is 54.0 Å². The molecule has 0 fully saturated rings. The van der Waals surface area contributed by atoms with Gasteiger partial charge in [0.2, 0.25) is 5.91 Å². The summed E-state index contributed by atoms with van der Waals surface area (Å²) in [6.07, 6.45) is 4.77. The van der Waals surface area contributed by atoms with Gasteiger partial charge in [-0.15, -0.1) is 0 Å². The minimum absolute atomic E-state index is 0.0364. The number of fused-ring (bicyclic) bond motifs is 1. The molecule has 0 unspecified atom stereocenters. The number of amides is 1. The molecule has 0 bridgehead atoms. The van der Waals surface area contributed by atoms with E-state index in [1.54, 1.807) is 6.20 Å². The first-order chi connectivity index (χ1) is 9.83. The average molecular weight is 268 g/mol. The highest BCUT2D eigenvalue weighted by Gasteiger charge is 2.08. The van der Waals surface area contributed by atoms with E-state index in [2.05, 4.69) is 20.5 Å². The van der Waals surface area contributed by atoms with Crippen molar-refractivity contribution < 1.29 is 4.79 Å². The Morgan fingerprint density at radius 2 is 2.15 bits per heavy atom. The molecule has 102 valence electrons. The summed E-state index contributed by atoms with van der Waals surface area (Å²) >= 11 is 0. The Balaban J connectivity index is 1.56. The zero-order chi connectivity index (χ0) is 13.8. The molecule has 3 N–H and O–H groups in total. The van der Waals surface area contributed by atoms with Crippen molar-refractivity contribution in [1.82, 2.24) is 20.5 Å². The minimum Gasteiger partial charge on any atom is -0.361 e. The molecular formula is C15H16N4O. The first-order valence-electron chi connectivity index (χ1n) is 6.63. The summed E-state index contributed by atoms with van der Waals surface area (Å²) in [7, 11) is 0. The van der Waals surface area contributed by atoms with Gasteiger partial charge < -0.3 is 10.3 Å². The Morgan fingerprint density at radius 1 is 1.25 bits per heavy atom. The van der Waals surface area contributed by atoms with Gasteiger partial charge >= 0.3 is 0 Å². The number of carbonyl (C=O) groups excluding carboxylic acids is 1. The molecule has 3 rings (SSSR count). The van der Waals surface area contributed by atoms with Gasteiger partial charge in [0.15, 0.2) is 0 Å². The number of benzene rings is 1. The van der Waals surface area contributed by atoms with Crippen LogP contribution >= 0.6 is 0 Å². The van der Waals surface area contributed by atoms with E-state index in [1.807, 2.05) is 36.5 Å². The third-order valence-electron chi connectivity index (χ3n) is 3.30. The molecule has 0 saturated carbocycles. The van der Waals surface area contributed by atoms with E-state index < -0.39 is 0 Å². The SMILES string of the molecule is O=C(Cc1c[nH]c2ccccc12)NCCc1ccn[nH]1. The van der Waals surface area contributed by atoms with E-state index in [4.69, 9.17) is 0 Å². The predicted octanol–water partition coefficient (Wildman–Crippen LogP) is 1.79. The van der Waals surface area contributed by atoms with Crippen molar-refractivity contribution in [2.45, 2.75) is 12.8 Å². The van der Waals surface area contributed by atoms with Crippen LogP contribution in [-0.2, 0) is 17.6 Å². The molecule has 2 aromatic heterocycles. The molecular weight excluding hydrogens is 252 g/mol. The molecule has 0 aliphatic heterocycles. The number of hydrogen-bond donors (Lipinski definition) is 3. The van der Waals surface area contributed by atoms with Gasteiger partial charge in [0.05, 0.1) is 6.42 Å². The number of H-pyrrole nitrogens is 2. The highest BCUT2D eigenvalue weighted by molar-refractivity contribution is 5.88. The molecule has 5 nitrogen and oxygen atoms in total. The summed E-state index contributed by atoms with van der Waals surface area (Å²) in [5, 5.41) is 10.8. The number of aromatic nitrogens is 3. The summed E-state index contributed by atoms with van der Waals surface area (Å²) in [5.74, 6) is 0.0364. The zero-order valence-electron chi connectivity index (χ0n) is 11.0. The number of carbonyl (C=O) groups is 1. The van der Waals surface area contributed by atoms with E-state index in [1.165, 1.54) is 0 Å². The Labute approximate surface area is 116 Å². The number of nitrogens with zero attached hydrogens (tertiary/aromatic N) is 1. The number of aromatic amines is 2. The van der Waals surface area contributed by atoms with Gasteiger partial charge in [0, 0.05) is 42.0 Å². The zero-order valence-corrected chi connectivity index (χ0v) is 11.0. The van der Waals surface area contributed by atoms with E-state index in [-0.39, 0.29) is 5.91 Å². The molecule has 3 aromatic rings. The number of nitrogens with one attached hydrogen (secondary N) is 3. The summed E-state index contributed by atoms with van der Waals surface area (Å²) in [6, 6.07) is 9.91. The molecule has 1 aromatic carbocycles. The van der Waals surface area contributed by atoms with Crippen LogP contribution < -0.4 is 5.32 Å². The lowest BCUT2D eigenvalue weighted by Crippen LogP contribution is -2.27. The maximum Gasteiger partial charge on any atom is 0.224 e. The fourth-order valence-corrected chi connectivity index (χ4v) is 2.27. The molecule has 0 aliphatic rings. The van der Waals surface area contributed by atoms with Gasteiger partial charge in [0.25, 0.3) is 0 Å². The first-order valence-corrected chi connectivity index (χ1v) is 6.63. The highest BCUT2D eigenvalue weighted by Crippen LogP contribution is 2.17. The topological polar surface area (TPSA) is 73.6 Å². The van der Waals surface area contributed by atoms with Gasteiger partial charge in [-0.3, -0.25) is 9.89 Å². The fourth-order valence-electron chi connectivity index (χ4n) is 2.27. The maximum atomic E-state index is 11.9. The second-order valence-corrected chi connectivity index (χ2v) is 4.72. The van der Waals surface area contributed by atoms with Gasteiger partial charge in [-0.05, 0) is 17.7 Å². The number of para-hydroxylation sites is 1. The number of hydrogen-bond acceptors (Lipinski definition) is 2. The van der Waals surface area contributed by atoms with Crippen molar-refractivity contribution in [3.63, 3.8) is 0 Å². The van der Waals surface area contributed by atoms with E-state index in [0.29, 0.717) is 13.0 Å². The quantitative estimate of drug-likeness (QED) is 0.660. The predicted molar refractivity (Wildman–Crippen MR) is 77.3 cm³/mol. The lowest BCUT2D eigenvalue weighted by atomic mass is 10.1. The van der Waals surface area contributed by atoms with E-state index >= 15 is 0 Å². The van der Waals surface area contributed by atoms with Crippen LogP contribution in [0.25, 0.3) is 10.9 Å². The van der Waals surface area contributed by atoms with Gasteiger partial charge in [-0.1, -0.05) is 18.2 Å². The largest absolute Gasteiger partial charge is 0.361 e. The second-order valence-electron chi connectivity index (χ2n) is 4.72. The third-order valence-corrected chi connectivity index (χ3v) is 3.30. The van der Waals surface area contributed by atoms with Crippen LogP contribution in [0.2, 0.25) is 0 Å². The molecule has 0 spiro atoms. The van der Waals surface area contributed by atoms with Crippen LogP contribution in [-0.4, -0.2) is 27.6 Å². The van der Waals surface area contributed by atoms with Crippen molar-refractivity contribution in [2.75, 3.05) is 6.54 Å².